The van der Waals surface area contributed by atoms with Crippen LogP contribution in [0.4, 0.5) is 0 Å². The van der Waals surface area contributed by atoms with Gasteiger partial charge in [-0.25, -0.2) is 4.98 Å². The van der Waals surface area contributed by atoms with Crippen LogP contribution in [0.3, 0.4) is 0 Å². The summed E-state index contributed by atoms with van der Waals surface area (Å²) >= 11 is 1.73. The number of thiazole rings is 1. The average molecular weight is 282 g/mol. The number of aromatic nitrogens is 1. The second-order valence-electron chi connectivity index (χ2n) is 6.59. The third-order valence-electron chi connectivity index (χ3n) is 3.72. The van der Waals surface area contributed by atoms with Crippen LogP contribution in [0.25, 0.3) is 0 Å². The Labute approximate surface area is 120 Å². The molecule has 0 spiro atoms. The molecule has 1 saturated carbocycles. The zero-order valence-electron chi connectivity index (χ0n) is 12.3. The van der Waals surface area contributed by atoms with E-state index in [-0.39, 0.29) is 17.6 Å². The molecule has 2 atom stereocenters. The topological polar surface area (TPSA) is 45.2 Å². The molecule has 2 unspecified atom stereocenters. The molecule has 1 fully saturated rings. The highest BCUT2D eigenvalue weighted by Gasteiger charge is 2.22. The van der Waals surface area contributed by atoms with Gasteiger partial charge in [0, 0.05) is 23.4 Å². The van der Waals surface area contributed by atoms with Crippen LogP contribution in [0.5, 0.6) is 0 Å². The van der Waals surface area contributed by atoms with Crippen LogP contribution in [0.15, 0.2) is 5.38 Å². The Balaban J connectivity index is 1.89. The minimum absolute atomic E-state index is 0.130. The van der Waals surface area contributed by atoms with Crippen molar-refractivity contribution >= 4 is 11.3 Å². The third-order valence-corrected chi connectivity index (χ3v) is 5.04. The van der Waals surface area contributed by atoms with Gasteiger partial charge in [0.25, 0.3) is 0 Å². The van der Waals surface area contributed by atoms with Crippen LogP contribution < -0.4 is 5.32 Å². The summed E-state index contributed by atoms with van der Waals surface area (Å²) in [7, 11) is 0. The predicted molar refractivity (Wildman–Crippen MR) is 80.5 cm³/mol. The van der Waals surface area contributed by atoms with E-state index in [4.69, 9.17) is 0 Å². The summed E-state index contributed by atoms with van der Waals surface area (Å²) < 4.78 is 0. The van der Waals surface area contributed by atoms with E-state index in [0.717, 1.165) is 31.5 Å². The fraction of sp³-hybridized carbons (Fsp3) is 0.800. The number of rotatable bonds is 3. The van der Waals surface area contributed by atoms with Crippen LogP contribution in [0.2, 0.25) is 0 Å². The Morgan fingerprint density at radius 1 is 1.32 bits per heavy atom. The number of nitrogens with one attached hydrogen (secondary N) is 1. The van der Waals surface area contributed by atoms with Gasteiger partial charge in [-0.1, -0.05) is 40.0 Å². The molecular weight excluding hydrogens is 256 g/mol. The Hall–Kier alpha value is -0.450. The number of hydrogen-bond donors (Lipinski definition) is 2. The summed E-state index contributed by atoms with van der Waals surface area (Å²) in [6.07, 6.45) is 5.45. The molecule has 1 aliphatic rings. The molecule has 0 aliphatic heterocycles. The van der Waals surface area contributed by atoms with E-state index in [0.29, 0.717) is 0 Å². The van der Waals surface area contributed by atoms with Crippen LogP contribution in [-0.2, 0) is 12.0 Å². The predicted octanol–water partition coefficient (Wildman–Crippen LogP) is 3.22. The lowest BCUT2D eigenvalue weighted by atomic mass is 9.98. The number of hydrogen-bond acceptors (Lipinski definition) is 4. The quantitative estimate of drug-likeness (QED) is 0.837. The van der Waals surface area contributed by atoms with Crippen LogP contribution >= 0.6 is 11.3 Å². The van der Waals surface area contributed by atoms with Crippen molar-refractivity contribution in [3.05, 3.63) is 16.1 Å². The first-order valence-electron chi connectivity index (χ1n) is 7.33. The normalized spacial score (nSPS) is 25.3. The van der Waals surface area contributed by atoms with Gasteiger partial charge in [0.05, 0.1) is 16.8 Å². The van der Waals surface area contributed by atoms with E-state index in [1.807, 2.05) is 0 Å². The molecule has 0 amide bonds. The monoisotopic (exact) mass is 282 g/mol. The molecule has 4 heteroatoms. The van der Waals surface area contributed by atoms with E-state index in [1.54, 1.807) is 11.3 Å². The van der Waals surface area contributed by atoms with Crippen LogP contribution in [-0.4, -0.2) is 22.2 Å². The van der Waals surface area contributed by atoms with E-state index in [9.17, 15) is 5.11 Å². The van der Waals surface area contributed by atoms with Gasteiger partial charge >= 0.3 is 0 Å². The largest absolute Gasteiger partial charge is 0.392 e. The first-order valence-corrected chi connectivity index (χ1v) is 8.21. The lowest BCUT2D eigenvalue weighted by Gasteiger charge is -2.21. The molecule has 1 aliphatic carbocycles. The summed E-state index contributed by atoms with van der Waals surface area (Å²) in [5, 5.41) is 16.9. The molecule has 0 aromatic carbocycles. The van der Waals surface area contributed by atoms with Gasteiger partial charge < -0.3 is 10.4 Å². The lowest BCUT2D eigenvalue weighted by molar-refractivity contribution is 0.119. The molecule has 19 heavy (non-hydrogen) atoms. The van der Waals surface area contributed by atoms with Gasteiger partial charge in [-0.05, 0) is 12.8 Å². The maximum Gasteiger partial charge on any atom is 0.0982 e. The van der Waals surface area contributed by atoms with E-state index in [1.165, 1.54) is 17.8 Å². The van der Waals surface area contributed by atoms with Crippen molar-refractivity contribution in [3.63, 3.8) is 0 Å². The zero-order valence-corrected chi connectivity index (χ0v) is 13.1. The van der Waals surface area contributed by atoms with Crippen molar-refractivity contribution < 1.29 is 5.11 Å². The number of aliphatic hydroxyl groups excluding tert-OH is 1. The smallest absolute Gasteiger partial charge is 0.0982 e. The molecule has 3 nitrogen and oxygen atoms in total. The summed E-state index contributed by atoms with van der Waals surface area (Å²) in [4.78, 5) is 4.69. The molecule has 0 radical (unpaired) electrons. The number of nitrogens with zero attached hydrogens (tertiary/aromatic N) is 1. The maximum absolute atomic E-state index is 10.1. The summed E-state index contributed by atoms with van der Waals surface area (Å²) in [6, 6.07) is 0.238. The van der Waals surface area contributed by atoms with Crippen LogP contribution in [0.1, 0.15) is 63.6 Å². The SMILES string of the molecule is CC(C)(C)c1nc(CNC2CCCCCC2O)cs1. The molecule has 0 bridgehead atoms. The van der Waals surface area contributed by atoms with Crippen molar-refractivity contribution in [3.8, 4) is 0 Å². The Kier molecular flexibility index (Phi) is 4.98. The molecule has 2 N–H and O–H groups in total. The highest BCUT2D eigenvalue weighted by Crippen LogP contribution is 2.25. The van der Waals surface area contributed by atoms with Gasteiger partial charge in [-0.2, -0.15) is 0 Å². The van der Waals surface area contributed by atoms with Crippen LogP contribution in [0, 0.1) is 0 Å². The van der Waals surface area contributed by atoms with Gasteiger partial charge in [0.15, 0.2) is 0 Å². The molecular formula is C15H26N2OS. The van der Waals surface area contributed by atoms with Gasteiger partial charge in [0.2, 0.25) is 0 Å². The molecule has 1 aromatic rings. The highest BCUT2D eigenvalue weighted by molar-refractivity contribution is 7.09. The number of aliphatic hydroxyl groups is 1. The lowest BCUT2D eigenvalue weighted by Crippen LogP contribution is -2.38. The first-order chi connectivity index (χ1) is 8.97. The van der Waals surface area contributed by atoms with Crippen molar-refractivity contribution in [1.29, 1.82) is 0 Å². The summed E-state index contributed by atoms with van der Waals surface area (Å²) in [6.45, 7) is 7.35. The minimum Gasteiger partial charge on any atom is -0.392 e. The first kappa shape index (κ1) is 14.9. The van der Waals surface area contributed by atoms with Crippen molar-refractivity contribution in [2.45, 2.75) is 77.0 Å². The highest BCUT2D eigenvalue weighted by atomic mass is 32.1. The van der Waals surface area contributed by atoms with E-state index in [2.05, 4.69) is 36.5 Å². The Morgan fingerprint density at radius 3 is 2.74 bits per heavy atom. The van der Waals surface area contributed by atoms with E-state index < -0.39 is 0 Å². The zero-order chi connectivity index (χ0) is 13.9. The fourth-order valence-corrected chi connectivity index (χ4v) is 3.40. The molecule has 108 valence electrons. The molecule has 2 rings (SSSR count). The second-order valence-corrected chi connectivity index (χ2v) is 7.44. The van der Waals surface area contributed by atoms with E-state index >= 15 is 0 Å². The molecule has 1 aromatic heterocycles. The van der Waals surface area contributed by atoms with Gasteiger partial charge in [-0.3, -0.25) is 0 Å². The van der Waals surface area contributed by atoms with Crippen molar-refractivity contribution in [2.75, 3.05) is 0 Å². The van der Waals surface area contributed by atoms with Gasteiger partial charge in [0.1, 0.15) is 0 Å². The summed E-state index contributed by atoms with van der Waals surface area (Å²) in [5.41, 5.74) is 1.23. The molecule has 0 saturated heterocycles. The van der Waals surface area contributed by atoms with Gasteiger partial charge in [-0.15, -0.1) is 11.3 Å². The fourth-order valence-electron chi connectivity index (χ4n) is 2.49. The minimum atomic E-state index is -0.191. The molecule has 1 heterocycles. The average Bonchev–Trinajstić information content (AvgIpc) is 2.72. The maximum atomic E-state index is 10.1. The third kappa shape index (κ3) is 4.26. The Bertz CT molecular complexity index is 397. The second kappa shape index (κ2) is 6.33. The van der Waals surface area contributed by atoms with Crippen molar-refractivity contribution in [1.82, 2.24) is 10.3 Å². The standard InChI is InChI=1S/C15H26N2OS/c1-15(2,3)14-17-11(10-19-14)9-16-12-7-5-4-6-8-13(12)18/h10,12-13,16,18H,4-9H2,1-3H3. The Morgan fingerprint density at radius 2 is 2.05 bits per heavy atom. The van der Waals surface area contributed by atoms with Crippen molar-refractivity contribution in [2.24, 2.45) is 0 Å². The summed E-state index contributed by atoms with van der Waals surface area (Å²) in [5.74, 6) is 0.